The van der Waals surface area contributed by atoms with Crippen molar-refractivity contribution in [1.29, 1.82) is 0 Å². The Morgan fingerprint density at radius 1 is 1.50 bits per heavy atom. The van der Waals surface area contributed by atoms with E-state index in [9.17, 15) is 9.59 Å². The van der Waals surface area contributed by atoms with E-state index in [-0.39, 0.29) is 17.7 Å². The van der Waals surface area contributed by atoms with Gasteiger partial charge in [0.15, 0.2) is 5.82 Å². The van der Waals surface area contributed by atoms with Gasteiger partial charge >= 0.3 is 6.03 Å². The normalized spacial score (nSPS) is 10.4. The summed E-state index contributed by atoms with van der Waals surface area (Å²) in [5, 5.41) is 11.0. The number of hydrogen-bond donors (Lipinski definition) is 3. The molecular formula is C11H18N4O3. The fraction of sp³-hybridized carbons (Fsp3) is 0.545. The molecule has 0 aliphatic carbocycles. The summed E-state index contributed by atoms with van der Waals surface area (Å²) in [6, 6.07) is 2.36. The Hall–Kier alpha value is -1.89. The highest BCUT2D eigenvalue weighted by atomic mass is 16.5. The van der Waals surface area contributed by atoms with Crippen LogP contribution in [0.25, 0.3) is 0 Å². The van der Waals surface area contributed by atoms with Crippen LogP contribution in [0, 0.1) is 0 Å². The van der Waals surface area contributed by atoms with Crippen LogP contribution in [0.15, 0.2) is 16.9 Å². The molecule has 0 aromatic carbocycles. The summed E-state index contributed by atoms with van der Waals surface area (Å²) in [5.41, 5.74) is -0.313. The molecule has 0 aliphatic heterocycles. The maximum atomic E-state index is 11.4. The molecule has 7 heteroatoms. The molecular weight excluding hydrogens is 236 g/mol. The predicted molar refractivity (Wildman–Crippen MR) is 67.6 cm³/mol. The predicted octanol–water partition coefficient (Wildman–Crippen LogP) is 0.707. The number of rotatable bonds is 6. The van der Waals surface area contributed by atoms with Crippen LogP contribution in [0.5, 0.6) is 0 Å². The van der Waals surface area contributed by atoms with Gasteiger partial charge in [-0.15, -0.1) is 0 Å². The minimum Gasteiger partial charge on any atom is -0.379 e. The van der Waals surface area contributed by atoms with Crippen LogP contribution in [0.2, 0.25) is 0 Å². The maximum absolute atomic E-state index is 11.4. The minimum absolute atomic E-state index is 0.198. The first kappa shape index (κ1) is 14.2. The number of anilines is 1. The lowest BCUT2D eigenvalue weighted by Crippen LogP contribution is -2.30. The van der Waals surface area contributed by atoms with Gasteiger partial charge in [0.05, 0.1) is 6.10 Å². The van der Waals surface area contributed by atoms with Crippen molar-refractivity contribution >= 4 is 11.8 Å². The number of H-pyrrole nitrogens is 1. The quantitative estimate of drug-likeness (QED) is 0.651. The Morgan fingerprint density at radius 3 is 2.89 bits per heavy atom. The first-order valence-corrected chi connectivity index (χ1v) is 5.80. The molecule has 18 heavy (non-hydrogen) atoms. The van der Waals surface area contributed by atoms with E-state index in [1.165, 1.54) is 12.1 Å². The number of amides is 2. The first-order valence-electron chi connectivity index (χ1n) is 5.80. The van der Waals surface area contributed by atoms with Crippen molar-refractivity contribution in [3.63, 3.8) is 0 Å². The van der Waals surface area contributed by atoms with Gasteiger partial charge in [-0.05, 0) is 26.3 Å². The molecule has 0 aliphatic rings. The average molecular weight is 254 g/mol. The third-order valence-electron chi connectivity index (χ3n) is 1.98. The van der Waals surface area contributed by atoms with Crippen molar-refractivity contribution in [2.24, 2.45) is 0 Å². The fourth-order valence-corrected chi connectivity index (χ4v) is 1.17. The number of nitrogens with one attached hydrogen (secondary N) is 3. The van der Waals surface area contributed by atoms with Crippen LogP contribution in [-0.2, 0) is 4.74 Å². The van der Waals surface area contributed by atoms with E-state index in [2.05, 4.69) is 20.8 Å². The van der Waals surface area contributed by atoms with Gasteiger partial charge < -0.3 is 10.1 Å². The van der Waals surface area contributed by atoms with Gasteiger partial charge in [0.1, 0.15) is 0 Å². The van der Waals surface area contributed by atoms with E-state index in [0.717, 1.165) is 6.42 Å². The van der Waals surface area contributed by atoms with Crippen LogP contribution in [0.3, 0.4) is 0 Å². The third kappa shape index (κ3) is 6.00. The average Bonchev–Trinajstić information content (AvgIpc) is 2.31. The number of carbonyl (C=O) groups excluding carboxylic acids is 1. The van der Waals surface area contributed by atoms with E-state index in [1.54, 1.807) is 0 Å². The lowest BCUT2D eigenvalue weighted by Gasteiger charge is -2.08. The highest BCUT2D eigenvalue weighted by Gasteiger charge is 2.01. The molecule has 3 N–H and O–H groups in total. The number of urea groups is 1. The number of hydrogen-bond acceptors (Lipinski definition) is 4. The standard InChI is InChI=1S/C11H18N4O3/c1-8(2)18-7-3-6-12-11(17)13-9-4-5-10(16)15-14-9/h4-5,8H,3,6-7H2,1-2H3,(H,15,16)(H2,12,13,14,17). The second kappa shape index (κ2) is 7.44. The molecule has 0 bridgehead atoms. The molecule has 100 valence electrons. The molecule has 1 rings (SSSR count). The third-order valence-corrected chi connectivity index (χ3v) is 1.98. The van der Waals surface area contributed by atoms with Crippen LogP contribution in [0.1, 0.15) is 20.3 Å². The summed E-state index contributed by atoms with van der Waals surface area (Å²) in [7, 11) is 0. The van der Waals surface area contributed by atoms with E-state index in [0.29, 0.717) is 19.0 Å². The van der Waals surface area contributed by atoms with Crippen molar-refractivity contribution in [3.05, 3.63) is 22.5 Å². The molecule has 1 aromatic rings. The van der Waals surface area contributed by atoms with Crippen molar-refractivity contribution in [2.45, 2.75) is 26.4 Å². The van der Waals surface area contributed by atoms with E-state index < -0.39 is 0 Å². The zero-order valence-corrected chi connectivity index (χ0v) is 10.5. The summed E-state index contributed by atoms with van der Waals surface area (Å²) in [4.78, 5) is 22.1. The van der Waals surface area contributed by atoms with Gasteiger partial charge in [-0.3, -0.25) is 10.1 Å². The second-order valence-electron chi connectivity index (χ2n) is 3.96. The number of aromatic nitrogens is 2. The molecule has 0 unspecified atom stereocenters. The lowest BCUT2D eigenvalue weighted by atomic mass is 10.4. The van der Waals surface area contributed by atoms with Gasteiger partial charge in [0, 0.05) is 19.2 Å². The van der Waals surface area contributed by atoms with Crippen LogP contribution in [0.4, 0.5) is 10.6 Å². The van der Waals surface area contributed by atoms with Crippen LogP contribution in [-0.4, -0.2) is 35.5 Å². The molecule has 0 saturated heterocycles. The van der Waals surface area contributed by atoms with Gasteiger partial charge in [0.25, 0.3) is 5.56 Å². The lowest BCUT2D eigenvalue weighted by molar-refractivity contribution is 0.0775. The van der Waals surface area contributed by atoms with Crippen molar-refractivity contribution < 1.29 is 9.53 Å². The fourth-order valence-electron chi connectivity index (χ4n) is 1.17. The summed E-state index contributed by atoms with van der Waals surface area (Å²) < 4.78 is 5.33. The van der Waals surface area contributed by atoms with Crippen LogP contribution >= 0.6 is 0 Å². The largest absolute Gasteiger partial charge is 0.379 e. The van der Waals surface area contributed by atoms with Crippen molar-refractivity contribution in [1.82, 2.24) is 15.5 Å². The highest BCUT2D eigenvalue weighted by molar-refractivity contribution is 5.87. The van der Waals surface area contributed by atoms with Crippen LogP contribution < -0.4 is 16.2 Å². The molecule has 1 aromatic heterocycles. The number of carbonyl (C=O) groups is 1. The Bertz CT molecular complexity index is 410. The minimum atomic E-state index is -0.362. The molecule has 0 atom stereocenters. The Balaban J connectivity index is 2.18. The second-order valence-corrected chi connectivity index (χ2v) is 3.96. The van der Waals surface area contributed by atoms with Crippen molar-refractivity contribution in [3.8, 4) is 0 Å². The number of ether oxygens (including phenoxy) is 1. The summed E-state index contributed by atoms with van der Waals surface area (Å²) in [5.74, 6) is 0.297. The molecule has 0 spiro atoms. The van der Waals surface area contributed by atoms with Gasteiger partial charge in [0.2, 0.25) is 0 Å². The SMILES string of the molecule is CC(C)OCCCNC(=O)Nc1ccc(=O)[nH]n1. The van der Waals surface area contributed by atoms with E-state index in [4.69, 9.17) is 4.74 Å². The molecule has 0 saturated carbocycles. The molecule has 2 amide bonds. The monoisotopic (exact) mass is 254 g/mol. The number of nitrogens with zero attached hydrogens (tertiary/aromatic N) is 1. The number of aromatic amines is 1. The summed E-state index contributed by atoms with van der Waals surface area (Å²) in [6.07, 6.45) is 0.939. The molecule has 0 radical (unpaired) electrons. The highest BCUT2D eigenvalue weighted by Crippen LogP contribution is 1.95. The molecule has 1 heterocycles. The topological polar surface area (TPSA) is 96.1 Å². The zero-order valence-electron chi connectivity index (χ0n) is 10.5. The van der Waals surface area contributed by atoms with Gasteiger partial charge in [-0.2, -0.15) is 5.10 Å². The Kier molecular flexibility index (Phi) is 5.86. The Morgan fingerprint density at radius 2 is 2.28 bits per heavy atom. The van der Waals surface area contributed by atoms with Crippen molar-refractivity contribution in [2.75, 3.05) is 18.5 Å². The first-order chi connectivity index (χ1) is 8.58. The molecule has 0 fully saturated rings. The van der Waals surface area contributed by atoms with Gasteiger partial charge in [-0.1, -0.05) is 0 Å². The zero-order chi connectivity index (χ0) is 13.4. The maximum Gasteiger partial charge on any atom is 0.320 e. The van der Waals surface area contributed by atoms with E-state index >= 15 is 0 Å². The summed E-state index contributed by atoms with van der Waals surface area (Å²) in [6.45, 7) is 5.04. The Labute approximate surface area is 105 Å². The smallest absolute Gasteiger partial charge is 0.320 e. The van der Waals surface area contributed by atoms with Gasteiger partial charge in [-0.25, -0.2) is 9.89 Å². The summed E-state index contributed by atoms with van der Waals surface area (Å²) >= 11 is 0. The van der Waals surface area contributed by atoms with E-state index in [1.807, 2.05) is 13.8 Å². The molecule has 7 nitrogen and oxygen atoms in total.